The molecule has 3 aromatic rings. The summed E-state index contributed by atoms with van der Waals surface area (Å²) >= 11 is 7.81. The van der Waals surface area contributed by atoms with E-state index in [2.05, 4.69) is 9.95 Å². The van der Waals surface area contributed by atoms with Gasteiger partial charge in [0.1, 0.15) is 0 Å². The second kappa shape index (κ2) is 4.24. The van der Waals surface area contributed by atoms with Crippen molar-refractivity contribution in [2.75, 3.05) is 5.73 Å². The first-order valence-electron chi connectivity index (χ1n) is 6.66. The summed E-state index contributed by atoms with van der Waals surface area (Å²) in [6.07, 6.45) is 2.41. The topological polar surface area (TPSA) is 43.8 Å². The van der Waals surface area contributed by atoms with Gasteiger partial charge in [0, 0.05) is 11.1 Å². The summed E-state index contributed by atoms with van der Waals surface area (Å²) in [5.74, 6) is 0.986. The van der Waals surface area contributed by atoms with E-state index in [1.54, 1.807) is 11.3 Å². The number of imidazole rings is 1. The van der Waals surface area contributed by atoms with Crippen molar-refractivity contribution in [3.05, 3.63) is 34.2 Å². The fourth-order valence-electron chi connectivity index (χ4n) is 2.56. The molecule has 2 heterocycles. The Morgan fingerprint density at radius 3 is 2.85 bits per heavy atom. The number of nitrogens with two attached hydrogens (primary N) is 1. The zero-order valence-corrected chi connectivity index (χ0v) is 12.6. The van der Waals surface area contributed by atoms with E-state index in [1.165, 1.54) is 12.8 Å². The lowest BCUT2D eigenvalue weighted by atomic mass is 10.2. The highest BCUT2D eigenvalue weighted by Gasteiger charge is 2.30. The predicted molar refractivity (Wildman–Crippen MR) is 85.5 cm³/mol. The van der Waals surface area contributed by atoms with Crippen molar-refractivity contribution in [3.63, 3.8) is 0 Å². The molecule has 0 radical (unpaired) electrons. The lowest BCUT2D eigenvalue weighted by Crippen LogP contribution is -1.98. The van der Waals surface area contributed by atoms with Gasteiger partial charge in [-0.3, -0.25) is 0 Å². The Balaban J connectivity index is 2.03. The van der Waals surface area contributed by atoms with Gasteiger partial charge >= 0.3 is 0 Å². The average Bonchev–Trinajstić information content (AvgIpc) is 3.12. The normalized spacial score (nSPS) is 15.1. The van der Waals surface area contributed by atoms with Crippen LogP contribution in [0, 0.1) is 6.92 Å². The van der Waals surface area contributed by atoms with Gasteiger partial charge in [0.25, 0.3) is 0 Å². The van der Waals surface area contributed by atoms with Gasteiger partial charge in [0.2, 0.25) is 0 Å². The first kappa shape index (κ1) is 12.2. The molecule has 0 saturated heterocycles. The molecule has 5 heteroatoms. The third-order valence-electron chi connectivity index (χ3n) is 3.79. The first-order chi connectivity index (χ1) is 9.65. The monoisotopic (exact) mass is 303 g/mol. The zero-order chi connectivity index (χ0) is 13.9. The zero-order valence-electron chi connectivity index (χ0n) is 11.1. The van der Waals surface area contributed by atoms with E-state index in [0.29, 0.717) is 6.04 Å². The van der Waals surface area contributed by atoms with Gasteiger partial charge in [-0.05, 0) is 48.9 Å². The van der Waals surface area contributed by atoms with Gasteiger partial charge in [0.15, 0.2) is 5.82 Å². The number of aryl methyl sites for hydroxylation is 1. The molecule has 20 heavy (non-hydrogen) atoms. The molecule has 0 amide bonds. The fraction of sp³-hybridized carbons (Fsp3) is 0.267. The van der Waals surface area contributed by atoms with E-state index in [0.717, 1.165) is 38.0 Å². The number of halogens is 1. The molecule has 1 aliphatic rings. The Bertz CT molecular complexity index is 814. The van der Waals surface area contributed by atoms with E-state index >= 15 is 0 Å². The molecule has 2 aromatic heterocycles. The molecule has 1 saturated carbocycles. The second-order valence-corrected chi connectivity index (χ2v) is 6.65. The van der Waals surface area contributed by atoms with Crippen LogP contribution < -0.4 is 5.73 Å². The van der Waals surface area contributed by atoms with E-state index in [1.807, 2.05) is 25.1 Å². The summed E-state index contributed by atoms with van der Waals surface area (Å²) in [5, 5.41) is 2.84. The highest BCUT2D eigenvalue weighted by atomic mass is 35.5. The summed E-state index contributed by atoms with van der Waals surface area (Å²) in [5.41, 5.74) is 10.3. The van der Waals surface area contributed by atoms with Crippen LogP contribution in [-0.4, -0.2) is 9.55 Å². The predicted octanol–water partition coefficient (Wildman–Crippen LogP) is 4.64. The largest absolute Gasteiger partial charge is 0.397 e. The maximum atomic E-state index is 6.21. The van der Waals surface area contributed by atoms with Crippen LogP contribution in [0.25, 0.3) is 21.7 Å². The Labute approximate surface area is 126 Å². The maximum absolute atomic E-state index is 6.21. The Morgan fingerprint density at radius 2 is 2.20 bits per heavy atom. The lowest BCUT2D eigenvalue weighted by molar-refractivity contribution is 0.777. The van der Waals surface area contributed by atoms with E-state index in [4.69, 9.17) is 22.3 Å². The minimum Gasteiger partial charge on any atom is -0.397 e. The Kier molecular flexibility index (Phi) is 2.59. The van der Waals surface area contributed by atoms with Gasteiger partial charge in [-0.2, -0.15) is 0 Å². The standard InChI is InChI=1S/C15H14ClN3S/c1-8-7-20-14(13(8)17)15-18-11-5-2-9(16)6-12(11)19(15)10-3-4-10/h2,5-7,10H,3-4,17H2,1H3. The number of anilines is 1. The molecule has 1 aromatic carbocycles. The molecule has 3 nitrogen and oxygen atoms in total. The van der Waals surface area contributed by atoms with Gasteiger partial charge < -0.3 is 10.3 Å². The van der Waals surface area contributed by atoms with Crippen molar-refractivity contribution in [2.45, 2.75) is 25.8 Å². The number of rotatable bonds is 2. The number of hydrogen-bond acceptors (Lipinski definition) is 3. The van der Waals surface area contributed by atoms with Crippen LogP contribution in [0.5, 0.6) is 0 Å². The first-order valence-corrected chi connectivity index (χ1v) is 7.92. The molecular weight excluding hydrogens is 290 g/mol. The third-order valence-corrected chi connectivity index (χ3v) is 5.13. The minimum absolute atomic E-state index is 0.537. The van der Waals surface area contributed by atoms with Crippen LogP contribution in [0.2, 0.25) is 5.02 Å². The molecule has 0 aliphatic heterocycles. The second-order valence-electron chi connectivity index (χ2n) is 5.33. The quantitative estimate of drug-likeness (QED) is 0.749. The van der Waals surface area contributed by atoms with E-state index < -0.39 is 0 Å². The maximum Gasteiger partial charge on any atom is 0.153 e. The molecule has 2 N–H and O–H groups in total. The van der Waals surface area contributed by atoms with Crippen LogP contribution in [0.1, 0.15) is 24.4 Å². The Morgan fingerprint density at radius 1 is 1.40 bits per heavy atom. The molecule has 0 bridgehead atoms. The average molecular weight is 304 g/mol. The van der Waals surface area contributed by atoms with Gasteiger partial charge in [-0.1, -0.05) is 11.6 Å². The highest BCUT2D eigenvalue weighted by Crippen LogP contribution is 2.44. The number of thiophene rings is 1. The highest BCUT2D eigenvalue weighted by molar-refractivity contribution is 7.14. The van der Waals surface area contributed by atoms with E-state index in [9.17, 15) is 0 Å². The number of aromatic nitrogens is 2. The summed E-state index contributed by atoms with van der Waals surface area (Å²) in [6, 6.07) is 6.41. The van der Waals surface area contributed by atoms with E-state index in [-0.39, 0.29) is 0 Å². The summed E-state index contributed by atoms with van der Waals surface area (Å²) in [7, 11) is 0. The van der Waals surface area contributed by atoms with Crippen LogP contribution in [-0.2, 0) is 0 Å². The summed E-state index contributed by atoms with van der Waals surface area (Å²) in [6.45, 7) is 2.04. The number of nitrogens with zero attached hydrogens (tertiary/aromatic N) is 2. The molecular formula is C15H14ClN3S. The molecule has 0 spiro atoms. The van der Waals surface area contributed by atoms with Crippen molar-refractivity contribution >= 4 is 39.7 Å². The third kappa shape index (κ3) is 1.75. The molecule has 1 fully saturated rings. The van der Waals surface area contributed by atoms with Gasteiger partial charge in [-0.15, -0.1) is 11.3 Å². The van der Waals surface area contributed by atoms with Crippen LogP contribution in [0.15, 0.2) is 23.6 Å². The van der Waals surface area contributed by atoms with Gasteiger partial charge in [0.05, 0.1) is 21.6 Å². The van der Waals surface area contributed by atoms with Crippen molar-refractivity contribution in [2.24, 2.45) is 0 Å². The van der Waals surface area contributed by atoms with Crippen molar-refractivity contribution < 1.29 is 0 Å². The molecule has 4 rings (SSSR count). The smallest absolute Gasteiger partial charge is 0.153 e. The molecule has 0 unspecified atom stereocenters. The summed E-state index contributed by atoms with van der Waals surface area (Å²) in [4.78, 5) is 5.87. The number of hydrogen-bond donors (Lipinski definition) is 1. The molecule has 1 aliphatic carbocycles. The molecule has 102 valence electrons. The Hall–Kier alpha value is -1.52. The lowest BCUT2D eigenvalue weighted by Gasteiger charge is -2.07. The number of benzene rings is 1. The number of fused-ring (bicyclic) bond motifs is 1. The van der Waals surface area contributed by atoms with Crippen LogP contribution in [0.4, 0.5) is 5.69 Å². The SMILES string of the molecule is Cc1csc(-c2nc3ccc(Cl)cc3n2C2CC2)c1N. The van der Waals surface area contributed by atoms with Crippen molar-refractivity contribution in [1.82, 2.24) is 9.55 Å². The van der Waals surface area contributed by atoms with Gasteiger partial charge in [-0.25, -0.2) is 4.98 Å². The number of nitrogen functional groups attached to an aromatic ring is 1. The summed E-state index contributed by atoms with van der Waals surface area (Å²) < 4.78 is 2.31. The van der Waals surface area contributed by atoms with Crippen molar-refractivity contribution in [1.29, 1.82) is 0 Å². The van der Waals surface area contributed by atoms with Crippen molar-refractivity contribution in [3.8, 4) is 10.7 Å². The minimum atomic E-state index is 0.537. The molecule has 0 atom stereocenters. The van der Waals surface area contributed by atoms with Crippen LogP contribution in [0.3, 0.4) is 0 Å². The fourth-order valence-corrected chi connectivity index (χ4v) is 3.68. The van der Waals surface area contributed by atoms with Crippen LogP contribution >= 0.6 is 22.9 Å².